The number of phenolic OH excluding ortho intramolecular Hbond substituents is 1. The molecule has 7 atom stereocenters. The van der Waals surface area contributed by atoms with E-state index in [4.69, 9.17) is 17.3 Å². The van der Waals surface area contributed by atoms with Crippen LogP contribution in [-0.2, 0) is 14.4 Å². The fourth-order valence-electron chi connectivity index (χ4n) is 6.74. The zero-order valence-corrected chi connectivity index (χ0v) is 19.9. The Bertz CT molecular complexity index is 1220. The number of nitrogens with one attached hydrogen (secondary N) is 1. The van der Waals surface area contributed by atoms with Crippen molar-refractivity contribution < 1.29 is 24.6 Å². The van der Waals surface area contributed by atoms with Gasteiger partial charge in [0.25, 0.3) is 0 Å². The fraction of sp³-hybridized carbons (Fsp3) is 0.478. The van der Waals surface area contributed by atoms with Gasteiger partial charge in [-0.3, -0.25) is 19.3 Å². The minimum Gasteiger partial charge on any atom is -0.508 e. The molecule has 0 spiro atoms. The standard InChI is InChI=1S/C23H22N2O5S3/c26-10-5-3-9(4-6-10)14-15-11-8-12(18(15)32-20-19(14)33-23(31)24-20)17-16(11)21(29)25(22(17)30)7-1-2-13(27)28/h3-6,11-12,14-18,26H,1-2,7-8H2,(H,24,31)(H,27,28). The average Bonchev–Trinajstić information content (AvgIpc) is 3.49. The van der Waals surface area contributed by atoms with E-state index in [0.29, 0.717) is 0 Å². The molecule has 1 aromatic carbocycles. The molecule has 172 valence electrons. The third kappa shape index (κ3) is 3.14. The number of aliphatic carboxylic acids is 1. The van der Waals surface area contributed by atoms with Crippen LogP contribution in [-0.4, -0.2) is 49.7 Å². The van der Waals surface area contributed by atoms with Crippen LogP contribution < -0.4 is 0 Å². The lowest BCUT2D eigenvalue weighted by atomic mass is 9.68. The van der Waals surface area contributed by atoms with Crippen LogP contribution in [0.3, 0.4) is 0 Å². The number of phenols is 1. The van der Waals surface area contributed by atoms with Crippen molar-refractivity contribution in [1.29, 1.82) is 0 Å². The quantitative estimate of drug-likeness (QED) is 0.421. The van der Waals surface area contributed by atoms with Crippen molar-refractivity contribution >= 4 is 53.1 Å². The SMILES string of the molecule is O=C(O)CCCN1C(=O)C2C3CC(C2C1=O)C1C(c2ccc(O)cc2)c2sc(=S)[nH]c2SC31. The van der Waals surface area contributed by atoms with Gasteiger partial charge in [-0.05, 0) is 60.5 Å². The van der Waals surface area contributed by atoms with Crippen LogP contribution in [0, 0.1) is 33.5 Å². The number of benzene rings is 1. The Kier molecular flexibility index (Phi) is 4.97. The molecule has 3 heterocycles. The number of thiazole rings is 1. The Labute approximate surface area is 203 Å². The maximum absolute atomic E-state index is 13.4. The molecule has 2 amide bonds. The molecule has 4 aliphatic rings. The number of carboxylic acid groups (broad SMARTS) is 1. The van der Waals surface area contributed by atoms with Crippen LogP contribution in [0.15, 0.2) is 29.3 Å². The number of carbonyl (C=O) groups is 3. The predicted octanol–water partition coefficient (Wildman–Crippen LogP) is 3.85. The van der Waals surface area contributed by atoms with Gasteiger partial charge in [-0.2, -0.15) is 0 Å². The molecule has 2 aromatic rings. The van der Waals surface area contributed by atoms with Gasteiger partial charge in [-0.25, -0.2) is 0 Å². The fourth-order valence-corrected chi connectivity index (χ4v) is 10.1. The molecule has 7 nitrogen and oxygen atoms in total. The highest BCUT2D eigenvalue weighted by Gasteiger charge is 2.69. The Hall–Kier alpha value is -2.17. The molecule has 7 unspecified atom stereocenters. The molecule has 1 saturated heterocycles. The Morgan fingerprint density at radius 3 is 2.55 bits per heavy atom. The van der Waals surface area contributed by atoms with E-state index in [1.165, 1.54) is 9.78 Å². The van der Waals surface area contributed by atoms with E-state index in [1.807, 2.05) is 12.1 Å². The lowest BCUT2D eigenvalue weighted by Gasteiger charge is -2.43. The van der Waals surface area contributed by atoms with Crippen LogP contribution in [0.2, 0.25) is 0 Å². The van der Waals surface area contributed by atoms with E-state index >= 15 is 0 Å². The average molecular weight is 503 g/mol. The number of amides is 2. The minimum absolute atomic E-state index is 0.0529. The Morgan fingerprint density at radius 2 is 1.85 bits per heavy atom. The summed E-state index contributed by atoms with van der Waals surface area (Å²) in [5, 5.41) is 20.0. The summed E-state index contributed by atoms with van der Waals surface area (Å²) in [5.41, 5.74) is 1.09. The van der Waals surface area contributed by atoms with E-state index in [0.717, 1.165) is 21.0 Å². The largest absolute Gasteiger partial charge is 0.508 e. The summed E-state index contributed by atoms with van der Waals surface area (Å²) in [6.45, 7) is 0.181. The zero-order chi connectivity index (χ0) is 23.0. The lowest BCUT2D eigenvalue weighted by Crippen LogP contribution is -2.42. The molecule has 1 aromatic heterocycles. The van der Waals surface area contributed by atoms with Crippen molar-refractivity contribution in [3.63, 3.8) is 0 Å². The van der Waals surface area contributed by atoms with Crippen molar-refractivity contribution in [3.8, 4) is 5.75 Å². The highest BCUT2D eigenvalue weighted by atomic mass is 32.2. The number of H-pyrrole nitrogens is 1. The lowest BCUT2D eigenvalue weighted by molar-refractivity contribution is -0.142. The first kappa shape index (κ1) is 21.4. The monoisotopic (exact) mass is 502 g/mol. The maximum atomic E-state index is 13.4. The van der Waals surface area contributed by atoms with Crippen molar-refractivity contribution in [2.45, 2.75) is 35.5 Å². The number of hydrogen-bond donors (Lipinski definition) is 3. The van der Waals surface area contributed by atoms with Gasteiger partial charge in [-0.15, -0.1) is 23.1 Å². The second-order valence-electron chi connectivity index (χ2n) is 9.38. The molecule has 3 N–H and O–H groups in total. The summed E-state index contributed by atoms with van der Waals surface area (Å²) in [6, 6.07) is 7.29. The van der Waals surface area contributed by atoms with E-state index in [2.05, 4.69) is 4.98 Å². The summed E-state index contributed by atoms with van der Waals surface area (Å²) in [5.74, 6) is -1.09. The summed E-state index contributed by atoms with van der Waals surface area (Å²) >= 11 is 8.80. The zero-order valence-electron chi connectivity index (χ0n) is 17.5. The smallest absolute Gasteiger partial charge is 0.303 e. The third-order valence-electron chi connectivity index (χ3n) is 7.84. The topological polar surface area (TPSA) is 111 Å². The van der Waals surface area contributed by atoms with Crippen LogP contribution >= 0.6 is 35.3 Å². The van der Waals surface area contributed by atoms with Gasteiger partial charge in [0.15, 0.2) is 3.95 Å². The van der Waals surface area contributed by atoms with Gasteiger partial charge >= 0.3 is 5.97 Å². The number of nitrogens with zero attached hydrogens (tertiary/aromatic N) is 1. The van der Waals surface area contributed by atoms with Crippen LogP contribution in [0.5, 0.6) is 5.75 Å². The number of thioether (sulfide) groups is 1. The van der Waals surface area contributed by atoms with Crippen molar-refractivity contribution in [3.05, 3.63) is 38.7 Å². The number of carboxylic acids is 1. The van der Waals surface area contributed by atoms with Gasteiger partial charge in [-0.1, -0.05) is 12.1 Å². The summed E-state index contributed by atoms with van der Waals surface area (Å²) in [4.78, 5) is 43.4. The summed E-state index contributed by atoms with van der Waals surface area (Å²) < 4.78 is 0.723. The normalized spacial score (nSPS) is 33.8. The number of fused-ring (bicyclic) bond motifs is 9. The molecule has 2 saturated carbocycles. The predicted molar refractivity (Wildman–Crippen MR) is 125 cm³/mol. The van der Waals surface area contributed by atoms with Gasteiger partial charge in [0, 0.05) is 29.0 Å². The second-order valence-corrected chi connectivity index (χ2v) is 12.3. The van der Waals surface area contributed by atoms with Gasteiger partial charge in [0.2, 0.25) is 11.8 Å². The molecule has 2 bridgehead atoms. The van der Waals surface area contributed by atoms with Crippen LogP contribution in [0.4, 0.5) is 0 Å². The molecule has 2 aliphatic heterocycles. The highest BCUT2D eigenvalue weighted by Crippen LogP contribution is 2.68. The first-order valence-electron chi connectivity index (χ1n) is 11.1. The van der Waals surface area contributed by atoms with E-state index in [-0.39, 0.29) is 77.7 Å². The molecule has 33 heavy (non-hydrogen) atoms. The number of aromatic hydroxyl groups is 1. The Balaban J connectivity index is 1.37. The summed E-state index contributed by atoms with van der Waals surface area (Å²) in [6.07, 6.45) is 1.10. The molecule has 3 fully saturated rings. The molecule has 10 heteroatoms. The highest BCUT2D eigenvalue weighted by molar-refractivity contribution is 8.00. The maximum Gasteiger partial charge on any atom is 0.303 e. The number of hydrogen-bond acceptors (Lipinski definition) is 7. The number of rotatable bonds is 5. The molecule has 2 aliphatic carbocycles. The Morgan fingerprint density at radius 1 is 1.15 bits per heavy atom. The second kappa shape index (κ2) is 7.68. The minimum atomic E-state index is -0.919. The number of imide groups is 1. The van der Waals surface area contributed by atoms with E-state index in [9.17, 15) is 19.5 Å². The van der Waals surface area contributed by atoms with Crippen LogP contribution in [0.25, 0.3) is 0 Å². The van der Waals surface area contributed by atoms with E-state index in [1.54, 1.807) is 35.2 Å². The number of likely N-dealkylation sites (tertiary alicyclic amines) is 1. The third-order valence-corrected chi connectivity index (χ3v) is 10.8. The summed E-state index contributed by atoms with van der Waals surface area (Å²) in [7, 11) is 0. The van der Waals surface area contributed by atoms with Gasteiger partial charge in [0.1, 0.15) is 5.75 Å². The van der Waals surface area contributed by atoms with Crippen molar-refractivity contribution in [2.24, 2.45) is 29.6 Å². The van der Waals surface area contributed by atoms with Gasteiger partial charge in [0.05, 0.1) is 16.9 Å². The molecular weight excluding hydrogens is 480 g/mol. The van der Waals surface area contributed by atoms with E-state index < -0.39 is 5.97 Å². The van der Waals surface area contributed by atoms with Gasteiger partial charge < -0.3 is 15.2 Å². The molecular formula is C23H22N2O5S3. The molecule has 6 rings (SSSR count). The van der Waals surface area contributed by atoms with Crippen LogP contribution in [0.1, 0.15) is 35.6 Å². The first-order chi connectivity index (χ1) is 15.8. The molecule has 0 radical (unpaired) electrons. The number of aromatic amines is 1. The number of aromatic nitrogens is 1. The number of carbonyl (C=O) groups excluding carboxylic acids is 2. The van der Waals surface area contributed by atoms with Crippen molar-refractivity contribution in [1.82, 2.24) is 9.88 Å². The first-order valence-corrected chi connectivity index (χ1v) is 13.2. The van der Waals surface area contributed by atoms with Crippen molar-refractivity contribution in [2.75, 3.05) is 6.54 Å².